The van der Waals surface area contributed by atoms with Crippen LogP contribution >= 0.6 is 0 Å². The maximum atomic E-state index is 13.0. The Kier molecular flexibility index (Phi) is 5.48. The molecule has 2 saturated heterocycles. The smallest absolute Gasteiger partial charge is 0.322 e. The highest BCUT2D eigenvalue weighted by Crippen LogP contribution is 2.30. The van der Waals surface area contributed by atoms with Crippen molar-refractivity contribution in [2.24, 2.45) is 0 Å². The molecule has 0 radical (unpaired) electrons. The van der Waals surface area contributed by atoms with Gasteiger partial charge in [-0.2, -0.15) is 0 Å². The Hall–Kier alpha value is -2.60. The predicted molar refractivity (Wildman–Crippen MR) is 109 cm³/mol. The number of ether oxygens (including phenoxy) is 2. The van der Waals surface area contributed by atoms with Crippen LogP contribution in [-0.2, 0) is 4.74 Å². The van der Waals surface area contributed by atoms with Crippen molar-refractivity contribution < 1.29 is 14.3 Å². The average molecular weight is 381 g/mol. The van der Waals surface area contributed by atoms with E-state index in [1.165, 1.54) is 0 Å². The molecule has 2 aromatic rings. The Morgan fingerprint density at radius 1 is 1.21 bits per heavy atom. The van der Waals surface area contributed by atoms with Gasteiger partial charge in [-0.1, -0.05) is 12.1 Å². The van der Waals surface area contributed by atoms with E-state index in [9.17, 15) is 4.79 Å². The van der Waals surface area contributed by atoms with Gasteiger partial charge in [-0.25, -0.2) is 9.78 Å². The number of nitrogens with zero attached hydrogens (tertiary/aromatic N) is 2. The molecule has 6 heteroatoms. The first-order valence-electron chi connectivity index (χ1n) is 9.96. The maximum Gasteiger partial charge on any atom is 0.322 e. The van der Waals surface area contributed by atoms with E-state index in [2.05, 4.69) is 10.3 Å². The molecule has 2 aliphatic rings. The number of urea groups is 1. The molecule has 0 spiro atoms. The molecule has 28 heavy (non-hydrogen) atoms. The summed E-state index contributed by atoms with van der Waals surface area (Å²) in [5.74, 6) is 0.582. The summed E-state index contributed by atoms with van der Waals surface area (Å²) >= 11 is 0. The number of hydrogen-bond donors (Lipinski definition) is 1. The second-order valence-electron chi connectivity index (χ2n) is 7.50. The third-order valence-electron chi connectivity index (χ3n) is 5.71. The molecule has 2 aliphatic heterocycles. The molecule has 2 unspecified atom stereocenters. The molecular weight excluding hydrogens is 354 g/mol. The van der Waals surface area contributed by atoms with Crippen LogP contribution in [0.15, 0.2) is 36.5 Å². The monoisotopic (exact) mass is 381 g/mol. The third-order valence-corrected chi connectivity index (χ3v) is 5.71. The lowest BCUT2D eigenvalue weighted by atomic mass is 10.0. The van der Waals surface area contributed by atoms with Crippen LogP contribution < -0.4 is 10.1 Å². The van der Waals surface area contributed by atoms with Gasteiger partial charge in [0.15, 0.2) is 0 Å². The van der Waals surface area contributed by atoms with E-state index >= 15 is 0 Å². The van der Waals surface area contributed by atoms with E-state index in [1.807, 2.05) is 42.2 Å². The number of rotatable bonds is 4. The molecule has 0 bridgehead atoms. The van der Waals surface area contributed by atoms with Gasteiger partial charge in [-0.05, 0) is 55.9 Å². The van der Waals surface area contributed by atoms with Crippen LogP contribution in [0.4, 0.5) is 10.5 Å². The molecule has 148 valence electrons. The Bertz CT molecular complexity index is 831. The summed E-state index contributed by atoms with van der Waals surface area (Å²) in [5, 5.41) is 3.12. The maximum absolute atomic E-state index is 13.0. The molecule has 0 saturated carbocycles. The van der Waals surface area contributed by atoms with Gasteiger partial charge in [0.05, 0.1) is 19.3 Å². The zero-order valence-corrected chi connectivity index (χ0v) is 16.5. The van der Waals surface area contributed by atoms with Crippen LogP contribution in [0, 0.1) is 6.92 Å². The van der Waals surface area contributed by atoms with Gasteiger partial charge in [0.1, 0.15) is 0 Å². The number of likely N-dealkylation sites (tertiary alicyclic amines) is 1. The summed E-state index contributed by atoms with van der Waals surface area (Å²) in [6.45, 7) is 3.61. The zero-order valence-electron chi connectivity index (χ0n) is 16.5. The number of carbonyl (C=O) groups excluding carboxylic acids is 1. The van der Waals surface area contributed by atoms with Crippen LogP contribution in [0.25, 0.3) is 11.1 Å². The summed E-state index contributed by atoms with van der Waals surface area (Å²) < 4.78 is 11.0. The van der Waals surface area contributed by atoms with Crippen molar-refractivity contribution in [2.75, 3.05) is 25.6 Å². The molecule has 1 aromatic heterocycles. The standard InChI is InChI=1S/C22H27N3O3/c1-15-7-8-16(17-9-10-21(27-2)23-14-17)13-18(15)24-22(26)25-11-3-5-19(25)20-6-4-12-28-20/h7-10,13-14,19-20H,3-6,11-12H2,1-2H3,(H,24,26). The Morgan fingerprint density at radius 3 is 2.79 bits per heavy atom. The highest BCUT2D eigenvalue weighted by molar-refractivity contribution is 5.91. The molecule has 2 atom stereocenters. The highest BCUT2D eigenvalue weighted by Gasteiger charge is 2.37. The fraction of sp³-hybridized carbons (Fsp3) is 0.455. The number of nitrogens with one attached hydrogen (secondary N) is 1. The van der Waals surface area contributed by atoms with E-state index in [0.29, 0.717) is 5.88 Å². The van der Waals surface area contributed by atoms with Crippen LogP contribution in [0.5, 0.6) is 5.88 Å². The minimum atomic E-state index is -0.0360. The Labute approximate surface area is 165 Å². The number of aromatic nitrogens is 1. The van der Waals surface area contributed by atoms with Gasteiger partial charge in [0, 0.05) is 36.7 Å². The second-order valence-corrected chi connectivity index (χ2v) is 7.50. The number of amides is 2. The summed E-state index contributed by atoms with van der Waals surface area (Å²) in [5.41, 5.74) is 3.85. The quantitative estimate of drug-likeness (QED) is 0.860. The fourth-order valence-electron chi connectivity index (χ4n) is 4.13. The van der Waals surface area contributed by atoms with Crippen molar-refractivity contribution >= 4 is 11.7 Å². The van der Waals surface area contributed by atoms with Crippen LogP contribution in [-0.4, -0.2) is 48.3 Å². The van der Waals surface area contributed by atoms with E-state index in [1.54, 1.807) is 13.3 Å². The topological polar surface area (TPSA) is 63.7 Å². The third kappa shape index (κ3) is 3.83. The SMILES string of the molecule is COc1ccc(-c2ccc(C)c(NC(=O)N3CCCC3C3CCCO3)c2)cn1. The number of methoxy groups -OCH3 is 1. The minimum Gasteiger partial charge on any atom is -0.481 e. The highest BCUT2D eigenvalue weighted by atomic mass is 16.5. The Balaban J connectivity index is 1.51. The molecule has 2 amide bonds. The molecule has 0 aliphatic carbocycles. The Morgan fingerprint density at radius 2 is 2.07 bits per heavy atom. The van der Waals surface area contributed by atoms with Crippen LogP contribution in [0.2, 0.25) is 0 Å². The number of benzene rings is 1. The summed E-state index contributed by atoms with van der Waals surface area (Å²) in [4.78, 5) is 19.2. The van der Waals surface area contributed by atoms with E-state index in [0.717, 1.165) is 61.2 Å². The van der Waals surface area contributed by atoms with Crippen LogP contribution in [0.3, 0.4) is 0 Å². The van der Waals surface area contributed by atoms with Crippen molar-refractivity contribution in [3.8, 4) is 17.0 Å². The first kappa shape index (κ1) is 18.7. The van der Waals surface area contributed by atoms with Crippen molar-refractivity contribution in [2.45, 2.75) is 44.8 Å². The van der Waals surface area contributed by atoms with E-state index in [4.69, 9.17) is 9.47 Å². The number of carbonyl (C=O) groups is 1. The number of anilines is 1. The fourth-order valence-corrected chi connectivity index (χ4v) is 4.13. The number of hydrogen-bond acceptors (Lipinski definition) is 4. The first-order chi connectivity index (χ1) is 13.7. The number of pyridine rings is 1. The molecule has 2 fully saturated rings. The first-order valence-corrected chi connectivity index (χ1v) is 9.96. The van der Waals surface area contributed by atoms with Crippen LogP contribution in [0.1, 0.15) is 31.2 Å². The zero-order chi connectivity index (χ0) is 19.5. The van der Waals surface area contributed by atoms with E-state index < -0.39 is 0 Å². The molecule has 1 N–H and O–H groups in total. The van der Waals surface area contributed by atoms with Crippen molar-refractivity contribution in [3.63, 3.8) is 0 Å². The summed E-state index contributed by atoms with van der Waals surface area (Å²) in [6.07, 6.45) is 6.17. The lowest BCUT2D eigenvalue weighted by molar-refractivity contribution is 0.0543. The molecular formula is C22H27N3O3. The number of aryl methyl sites for hydroxylation is 1. The molecule has 3 heterocycles. The summed E-state index contributed by atoms with van der Waals surface area (Å²) in [6, 6.07) is 10.0. The average Bonchev–Trinajstić information content (AvgIpc) is 3.41. The van der Waals surface area contributed by atoms with Gasteiger partial charge >= 0.3 is 6.03 Å². The minimum absolute atomic E-state index is 0.0360. The lowest BCUT2D eigenvalue weighted by Gasteiger charge is -2.29. The lowest BCUT2D eigenvalue weighted by Crippen LogP contribution is -2.44. The molecule has 6 nitrogen and oxygen atoms in total. The second kappa shape index (κ2) is 8.19. The van der Waals surface area contributed by atoms with Gasteiger partial charge < -0.3 is 19.7 Å². The van der Waals surface area contributed by atoms with E-state index in [-0.39, 0.29) is 18.2 Å². The predicted octanol–water partition coefficient (Wildman–Crippen LogP) is 4.24. The van der Waals surface area contributed by atoms with Gasteiger partial charge in [0.25, 0.3) is 0 Å². The van der Waals surface area contributed by atoms with Crippen molar-refractivity contribution in [1.82, 2.24) is 9.88 Å². The largest absolute Gasteiger partial charge is 0.481 e. The normalized spacial score (nSPS) is 21.7. The van der Waals surface area contributed by atoms with Crippen molar-refractivity contribution in [1.29, 1.82) is 0 Å². The van der Waals surface area contributed by atoms with Crippen molar-refractivity contribution in [3.05, 3.63) is 42.1 Å². The van der Waals surface area contributed by atoms with Gasteiger partial charge in [-0.3, -0.25) is 0 Å². The molecule has 4 rings (SSSR count). The summed E-state index contributed by atoms with van der Waals surface area (Å²) in [7, 11) is 1.60. The van der Waals surface area contributed by atoms with Gasteiger partial charge in [0.2, 0.25) is 5.88 Å². The molecule has 1 aromatic carbocycles. The van der Waals surface area contributed by atoms with Gasteiger partial charge in [-0.15, -0.1) is 0 Å².